The molecule has 2 aliphatic rings. The van der Waals surface area contributed by atoms with Crippen molar-refractivity contribution in [1.82, 2.24) is 10.2 Å². The first kappa shape index (κ1) is 13.6. The lowest BCUT2D eigenvalue weighted by Crippen LogP contribution is -2.31. The topological polar surface area (TPSA) is 32.3 Å². The lowest BCUT2D eigenvalue weighted by Gasteiger charge is -2.16. The normalized spacial score (nSPS) is 28.7. The maximum Gasteiger partial charge on any atom is 0.226 e. The number of hydrogen-bond donors (Lipinski definition) is 1. The van der Waals surface area contributed by atoms with E-state index in [-0.39, 0.29) is 17.6 Å². The lowest BCUT2D eigenvalue weighted by atomic mass is 10.1. The number of nitrogens with one attached hydrogen (secondary N) is 1. The summed E-state index contributed by atoms with van der Waals surface area (Å²) in [5.74, 6) is 1.08. The second-order valence-corrected chi connectivity index (χ2v) is 6.00. The van der Waals surface area contributed by atoms with Crippen molar-refractivity contribution >= 4 is 5.91 Å². The molecule has 0 aromatic heterocycles. The number of rotatable bonds is 4. The van der Waals surface area contributed by atoms with Crippen molar-refractivity contribution in [2.45, 2.75) is 18.8 Å². The molecule has 0 spiro atoms. The molecule has 1 aromatic carbocycles. The zero-order valence-electron chi connectivity index (χ0n) is 11.8. The highest BCUT2D eigenvalue weighted by atomic mass is 19.1. The molecule has 1 saturated heterocycles. The van der Waals surface area contributed by atoms with E-state index in [0.717, 1.165) is 38.0 Å². The molecule has 0 unspecified atom stereocenters. The maximum absolute atomic E-state index is 12.9. The van der Waals surface area contributed by atoms with E-state index in [1.54, 1.807) is 12.1 Å². The Morgan fingerprint density at radius 1 is 1.40 bits per heavy atom. The van der Waals surface area contributed by atoms with E-state index in [0.29, 0.717) is 11.8 Å². The Balaban J connectivity index is 1.56. The van der Waals surface area contributed by atoms with Crippen LogP contribution in [0.25, 0.3) is 0 Å². The number of benzene rings is 1. The third kappa shape index (κ3) is 2.70. The van der Waals surface area contributed by atoms with Gasteiger partial charge < -0.3 is 10.2 Å². The smallest absolute Gasteiger partial charge is 0.226 e. The van der Waals surface area contributed by atoms with Crippen molar-refractivity contribution in [2.75, 3.05) is 26.7 Å². The first-order valence-corrected chi connectivity index (χ1v) is 7.38. The SMILES string of the molecule is CNC[C@@H]1CCN(C(=O)[C@H]2C[C@H]2c2ccc(F)cc2)C1. The van der Waals surface area contributed by atoms with Crippen LogP contribution in [0.2, 0.25) is 0 Å². The summed E-state index contributed by atoms with van der Waals surface area (Å²) in [6.07, 6.45) is 2.01. The standard InChI is InChI=1S/C16H21FN2O/c1-18-9-11-6-7-19(10-11)16(20)15-8-14(15)12-2-4-13(17)5-3-12/h2-5,11,14-15,18H,6-10H2,1H3/t11-,14-,15-/m0/s1. The predicted molar refractivity (Wildman–Crippen MR) is 75.9 cm³/mol. The van der Waals surface area contributed by atoms with Crippen molar-refractivity contribution in [3.8, 4) is 0 Å². The van der Waals surface area contributed by atoms with E-state index in [9.17, 15) is 9.18 Å². The molecule has 1 amide bonds. The van der Waals surface area contributed by atoms with Crippen LogP contribution in [0, 0.1) is 17.7 Å². The fourth-order valence-corrected chi connectivity index (χ4v) is 3.27. The summed E-state index contributed by atoms with van der Waals surface area (Å²) in [6, 6.07) is 6.57. The predicted octanol–water partition coefficient (Wildman–Crippen LogP) is 2.00. The lowest BCUT2D eigenvalue weighted by molar-refractivity contribution is -0.131. The van der Waals surface area contributed by atoms with Crippen molar-refractivity contribution in [2.24, 2.45) is 11.8 Å². The molecule has 1 heterocycles. The Kier molecular flexibility index (Phi) is 3.74. The highest BCUT2D eigenvalue weighted by Gasteiger charge is 2.46. The average Bonchev–Trinajstić information content (AvgIpc) is 3.11. The van der Waals surface area contributed by atoms with Crippen LogP contribution in [0.15, 0.2) is 24.3 Å². The van der Waals surface area contributed by atoms with Gasteiger partial charge in [-0.05, 0) is 56.0 Å². The molecule has 3 atom stereocenters. The van der Waals surface area contributed by atoms with E-state index in [4.69, 9.17) is 0 Å². The van der Waals surface area contributed by atoms with E-state index >= 15 is 0 Å². The van der Waals surface area contributed by atoms with Crippen LogP contribution in [0.3, 0.4) is 0 Å². The zero-order chi connectivity index (χ0) is 14.1. The van der Waals surface area contributed by atoms with Crippen LogP contribution in [-0.4, -0.2) is 37.5 Å². The zero-order valence-corrected chi connectivity index (χ0v) is 11.8. The first-order valence-electron chi connectivity index (χ1n) is 7.38. The van der Waals surface area contributed by atoms with Gasteiger partial charge in [0.25, 0.3) is 0 Å². The molecule has 2 fully saturated rings. The Bertz CT molecular complexity index is 488. The van der Waals surface area contributed by atoms with Gasteiger partial charge in [0.15, 0.2) is 0 Å². The van der Waals surface area contributed by atoms with Crippen molar-refractivity contribution in [3.05, 3.63) is 35.6 Å². The molecule has 0 bridgehead atoms. The van der Waals surface area contributed by atoms with Crippen LogP contribution in [0.1, 0.15) is 24.3 Å². The summed E-state index contributed by atoms with van der Waals surface area (Å²) in [5, 5.41) is 3.18. The number of carbonyl (C=O) groups excluding carboxylic acids is 1. The quantitative estimate of drug-likeness (QED) is 0.912. The van der Waals surface area contributed by atoms with Crippen LogP contribution in [0.5, 0.6) is 0 Å². The molecule has 1 aliphatic heterocycles. The molecule has 1 saturated carbocycles. The Labute approximate surface area is 119 Å². The minimum atomic E-state index is -0.216. The molecule has 1 N–H and O–H groups in total. The van der Waals surface area contributed by atoms with Crippen LogP contribution < -0.4 is 5.32 Å². The number of amides is 1. The molecule has 4 heteroatoms. The highest BCUT2D eigenvalue weighted by molar-refractivity contribution is 5.83. The fraction of sp³-hybridized carbons (Fsp3) is 0.562. The van der Waals surface area contributed by atoms with Gasteiger partial charge in [-0.2, -0.15) is 0 Å². The summed E-state index contributed by atoms with van der Waals surface area (Å²) < 4.78 is 12.9. The average molecular weight is 276 g/mol. The highest BCUT2D eigenvalue weighted by Crippen LogP contribution is 2.48. The molecule has 1 aliphatic carbocycles. The number of nitrogens with zero attached hydrogens (tertiary/aromatic N) is 1. The number of likely N-dealkylation sites (tertiary alicyclic amines) is 1. The third-order valence-electron chi connectivity index (χ3n) is 4.50. The van der Waals surface area contributed by atoms with Gasteiger partial charge in [-0.15, -0.1) is 0 Å². The van der Waals surface area contributed by atoms with Gasteiger partial charge in [0.1, 0.15) is 5.82 Å². The second kappa shape index (κ2) is 5.52. The molecule has 1 aromatic rings. The summed E-state index contributed by atoms with van der Waals surface area (Å²) in [5.41, 5.74) is 1.09. The van der Waals surface area contributed by atoms with Gasteiger partial charge >= 0.3 is 0 Å². The summed E-state index contributed by atoms with van der Waals surface area (Å²) in [4.78, 5) is 14.4. The Morgan fingerprint density at radius 2 is 2.15 bits per heavy atom. The van der Waals surface area contributed by atoms with Gasteiger partial charge in [0.2, 0.25) is 5.91 Å². The molecule has 20 heavy (non-hydrogen) atoms. The van der Waals surface area contributed by atoms with Crippen molar-refractivity contribution in [1.29, 1.82) is 0 Å². The number of hydrogen-bond acceptors (Lipinski definition) is 2. The summed E-state index contributed by atoms with van der Waals surface area (Å²) in [7, 11) is 1.95. The maximum atomic E-state index is 12.9. The van der Waals surface area contributed by atoms with Crippen molar-refractivity contribution < 1.29 is 9.18 Å². The van der Waals surface area contributed by atoms with Crippen molar-refractivity contribution in [3.63, 3.8) is 0 Å². The molecule has 3 nitrogen and oxygen atoms in total. The van der Waals surface area contributed by atoms with Gasteiger partial charge in [0.05, 0.1) is 0 Å². The first-order chi connectivity index (χ1) is 9.69. The van der Waals surface area contributed by atoms with E-state index in [2.05, 4.69) is 5.32 Å². The van der Waals surface area contributed by atoms with Gasteiger partial charge in [-0.1, -0.05) is 12.1 Å². The summed E-state index contributed by atoms with van der Waals surface area (Å²) in [6.45, 7) is 2.75. The molecular formula is C16H21FN2O. The van der Waals surface area contributed by atoms with Crippen LogP contribution in [-0.2, 0) is 4.79 Å². The van der Waals surface area contributed by atoms with Crippen LogP contribution >= 0.6 is 0 Å². The third-order valence-corrected chi connectivity index (χ3v) is 4.50. The molecule has 3 rings (SSSR count). The monoisotopic (exact) mass is 276 g/mol. The minimum absolute atomic E-state index is 0.119. The fourth-order valence-electron chi connectivity index (χ4n) is 3.27. The van der Waals surface area contributed by atoms with Crippen LogP contribution in [0.4, 0.5) is 4.39 Å². The minimum Gasteiger partial charge on any atom is -0.342 e. The molecule has 108 valence electrons. The van der Waals surface area contributed by atoms with E-state index in [1.807, 2.05) is 11.9 Å². The van der Waals surface area contributed by atoms with Gasteiger partial charge in [0, 0.05) is 19.0 Å². The second-order valence-electron chi connectivity index (χ2n) is 6.00. The Hall–Kier alpha value is -1.42. The largest absolute Gasteiger partial charge is 0.342 e. The molecular weight excluding hydrogens is 255 g/mol. The van der Waals surface area contributed by atoms with E-state index in [1.165, 1.54) is 12.1 Å². The van der Waals surface area contributed by atoms with Gasteiger partial charge in [-0.3, -0.25) is 4.79 Å². The molecule has 0 radical (unpaired) electrons. The summed E-state index contributed by atoms with van der Waals surface area (Å²) >= 11 is 0. The number of halogens is 1. The van der Waals surface area contributed by atoms with E-state index < -0.39 is 0 Å². The van der Waals surface area contributed by atoms with Gasteiger partial charge in [-0.25, -0.2) is 4.39 Å². The number of carbonyl (C=O) groups is 1. The Morgan fingerprint density at radius 3 is 2.85 bits per heavy atom.